The number of likely N-dealkylation sites (N-methyl/N-ethyl adjacent to an activating group) is 1. The molecule has 3 nitrogen and oxygen atoms in total. The average molecular weight is 166 g/mol. The fraction of sp³-hybridized carbons (Fsp3) is 0.444. The summed E-state index contributed by atoms with van der Waals surface area (Å²) in [5, 5.41) is 5.74. The van der Waals surface area contributed by atoms with Gasteiger partial charge in [-0.25, -0.2) is 0 Å². The Bertz CT molecular complexity index is 231. The van der Waals surface area contributed by atoms with E-state index in [1.165, 1.54) is 0 Å². The Hall–Kier alpha value is -1.09. The largest absolute Gasteiger partial charge is 0.356 e. The molecule has 0 aliphatic carbocycles. The predicted octanol–water partition coefficient (Wildman–Crippen LogP) is 0.208. The molecule has 1 heterocycles. The smallest absolute Gasteiger partial charge is 0.244 e. The Labute approximate surface area is 72.5 Å². The second-order valence-electron chi connectivity index (χ2n) is 2.81. The van der Waals surface area contributed by atoms with Crippen molar-refractivity contribution in [2.45, 2.75) is 6.42 Å². The van der Waals surface area contributed by atoms with Gasteiger partial charge >= 0.3 is 0 Å². The van der Waals surface area contributed by atoms with Crippen molar-refractivity contribution in [1.82, 2.24) is 10.6 Å². The van der Waals surface area contributed by atoms with Crippen molar-refractivity contribution in [3.63, 3.8) is 0 Å². The van der Waals surface area contributed by atoms with E-state index in [2.05, 4.69) is 17.2 Å². The van der Waals surface area contributed by atoms with Crippen molar-refractivity contribution < 1.29 is 4.79 Å². The Morgan fingerprint density at radius 3 is 3.08 bits per heavy atom. The van der Waals surface area contributed by atoms with Crippen LogP contribution in [0.4, 0.5) is 0 Å². The van der Waals surface area contributed by atoms with Gasteiger partial charge in [0.25, 0.3) is 0 Å². The number of carbonyl (C=O) groups is 1. The van der Waals surface area contributed by atoms with E-state index in [0.29, 0.717) is 0 Å². The molecule has 1 rings (SSSR count). The summed E-state index contributed by atoms with van der Waals surface area (Å²) in [5.74, 6) is -0.0481. The van der Waals surface area contributed by atoms with Crippen LogP contribution in [0, 0.1) is 0 Å². The molecule has 1 aliphatic heterocycles. The summed E-state index contributed by atoms with van der Waals surface area (Å²) in [6.07, 6.45) is 2.52. The summed E-state index contributed by atoms with van der Waals surface area (Å²) >= 11 is 0. The van der Waals surface area contributed by atoms with Crippen LogP contribution in [-0.4, -0.2) is 26.0 Å². The van der Waals surface area contributed by atoms with E-state index in [-0.39, 0.29) is 5.91 Å². The molecular formula is C9H14N2O. The van der Waals surface area contributed by atoms with Crippen LogP contribution in [0.1, 0.15) is 6.42 Å². The van der Waals surface area contributed by atoms with E-state index in [0.717, 1.165) is 30.7 Å². The zero-order valence-electron chi connectivity index (χ0n) is 7.31. The maximum Gasteiger partial charge on any atom is 0.244 e. The van der Waals surface area contributed by atoms with E-state index in [1.54, 1.807) is 13.1 Å². The van der Waals surface area contributed by atoms with E-state index in [9.17, 15) is 4.79 Å². The van der Waals surface area contributed by atoms with Gasteiger partial charge in [0.05, 0.1) is 0 Å². The lowest BCUT2D eigenvalue weighted by Gasteiger charge is -2.17. The Morgan fingerprint density at radius 2 is 2.50 bits per heavy atom. The highest BCUT2D eigenvalue weighted by molar-refractivity contribution is 5.88. The van der Waals surface area contributed by atoms with Crippen molar-refractivity contribution in [2.24, 2.45) is 0 Å². The van der Waals surface area contributed by atoms with Crippen molar-refractivity contribution >= 4 is 5.91 Å². The first kappa shape index (κ1) is 9.00. The lowest BCUT2D eigenvalue weighted by molar-refractivity contribution is -0.116. The number of hydrogen-bond donors (Lipinski definition) is 2. The number of nitrogens with one attached hydrogen (secondary N) is 2. The van der Waals surface area contributed by atoms with E-state index in [4.69, 9.17) is 0 Å². The van der Waals surface area contributed by atoms with Crippen LogP contribution in [0.3, 0.4) is 0 Å². The maximum atomic E-state index is 11.0. The lowest BCUT2D eigenvalue weighted by atomic mass is 10.0. The summed E-state index contributed by atoms with van der Waals surface area (Å²) in [4.78, 5) is 11.0. The fourth-order valence-electron chi connectivity index (χ4n) is 1.16. The van der Waals surface area contributed by atoms with Crippen LogP contribution < -0.4 is 10.6 Å². The third-order valence-corrected chi connectivity index (χ3v) is 1.92. The summed E-state index contributed by atoms with van der Waals surface area (Å²) in [5.41, 5.74) is 2.08. The molecule has 0 radical (unpaired) electrons. The molecule has 1 saturated heterocycles. The normalized spacial score (nSPS) is 21.1. The highest BCUT2D eigenvalue weighted by atomic mass is 16.1. The molecule has 1 aliphatic rings. The monoisotopic (exact) mass is 166 g/mol. The van der Waals surface area contributed by atoms with Crippen LogP contribution in [0.2, 0.25) is 0 Å². The molecule has 0 saturated carbocycles. The Balaban J connectivity index is 2.65. The summed E-state index contributed by atoms with van der Waals surface area (Å²) in [6, 6.07) is 0. The number of piperidine rings is 1. The summed E-state index contributed by atoms with van der Waals surface area (Å²) in [7, 11) is 1.63. The maximum absolute atomic E-state index is 11.0. The molecule has 0 atom stereocenters. The Morgan fingerprint density at radius 1 is 1.75 bits per heavy atom. The van der Waals surface area contributed by atoms with Gasteiger partial charge in [0.1, 0.15) is 0 Å². The van der Waals surface area contributed by atoms with E-state index >= 15 is 0 Å². The van der Waals surface area contributed by atoms with Gasteiger partial charge in [-0.05, 0) is 24.1 Å². The van der Waals surface area contributed by atoms with Crippen LogP contribution in [0.25, 0.3) is 0 Å². The second-order valence-corrected chi connectivity index (χ2v) is 2.81. The highest BCUT2D eigenvalue weighted by Gasteiger charge is 2.09. The van der Waals surface area contributed by atoms with Crippen molar-refractivity contribution in [2.75, 3.05) is 20.1 Å². The molecule has 66 valence electrons. The molecule has 0 bridgehead atoms. The van der Waals surface area contributed by atoms with Gasteiger partial charge in [-0.1, -0.05) is 6.58 Å². The van der Waals surface area contributed by atoms with Crippen molar-refractivity contribution in [1.29, 1.82) is 0 Å². The molecule has 0 aromatic heterocycles. The fourth-order valence-corrected chi connectivity index (χ4v) is 1.16. The molecule has 0 spiro atoms. The molecule has 3 heteroatoms. The highest BCUT2D eigenvalue weighted by Crippen LogP contribution is 2.14. The van der Waals surface area contributed by atoms with Crippen LogP contribution in [0.5, 0.6) is 0 Å². The first-order chi connectivity index (χ1) is 5.74. The lowest BCUT2D eigenvalue weighted by Crippen LogP contribution is -2.26. The average Bonchev–Trinajstić information content (AvgIpc) is 2.09. The predicted molar refractivity (Wildman–Crippen MR) is 48.8 cm³/mol. The first-order valence-corrected chi connectivity index (χ1v) is 4.05. The van der Waals surface area contributed by atoms with Crippen molar-refractivity contribution in [3.8, 4) is 0 Å². The van der Waals surface area contributed by atoms with Crippen LogP contribution in [0.15, 0.2) is 23.8 Å². The molecule has 2 N–H and O–H groups in total. The minimum absolute atomic E-state index is 0.0481. The van der Waals surface area contributed by atoms with Gasteiger partial charge in [0.2, 0.25) is 5.91 Å². The quantitative estimate of drug-likeness (QED) is 0.547. The van der Waals surface area contributed by atoms with Gasteiger partial charge in [-0.3, -0.25) is 4.79 Å². The van der Waals surface area contributed by atoms with Gasteiger partial charge in [-0.2, -0.15) is 0 Å². The zero-order chi connectivity index (χ0) is 8.97. The molecule has 0 unspecified atom stereocenters. The van der Waals surface area contributed by atoms with Crippen LogP contribution in [-0.2, 0) is 4.79 Å². The number of hydrogen-bond acceptors (Lipinski definition) is 2. The number of rotatable bonds is 1. The Kier molecular flexibility index (Phi) is 3.05. The minimum atomic E-state index is -0.0481. The number of amides is 1. The van der Waals surface area contributed by atoms with Gasteiger partial charge in [0.15, 0.2) is 0 Å². The van der Waals surface area contributed by atoms with E-state index in [1.807, 2.05) is 0 Å². The molecule has 0 aromatic carbocycles. The molecular weight excluding hydrogens is 152 g/mol. The first-order valence-electron chi connectivity index (χ1n) is 4.05. The standard InChI is InChI=1S/C9H14N2O/c1-7-6-11-4-3-8(7)5-9(12)10-2/h5,11H,1,3-4,6H2,2H3,(H,10,12)/b8-5-. The van der Waals surface area contributed by atoms with Gasteiger partial charge in [0, 0.05) is 19.7 Å². The summed E-state index contributed by atoms with van der Waals surface area (Å²) < 4.78 is 0. The minimum Gasteiger partial charge on any atom is -0.356 e. The van der Waals surface area contributed by atoms with Crippen molar-refractivity contribution in [3.05, 3.63) is 23.8 Å². The van der Waals surface area contributed by atoms with Gasteiger partial charge in [-0.15, -0.1) is 0 Å². The molecule has 0 aromatic rings. The van der Waals surface area contributed by atoms with Crippen LogP contribution >= 0.6 is 0 Å². The topological polar surface area (TPSA) is 41.1 Å². The molecule has 1 amide bonds. The zero-order valence-corrected chi connectivity index (χ0v) is 7.31. The SMILES string of the molecule is C=C1CNCC/C1=C/C(=O)NC. The third-order valence-electron chi connectivity index (χ3n) is 1.92. The number of carbonyl (C=O) groups excluding carboxylic acids is 1. The second kappa shape index (κ2) is 4.07. The van der Waals surface area contributed by atoms with Gasteiger partial charge < -0.3 is 10.6 Å². The summed E-state index contributed by atoms with van der Waals surface area (Å²) in [6.45, 7) is 5.60. The third kappa shape index (κ3) is 2.20. The molecule has 12 heavy (non-hydrogen) atoms. The molecule has 1 fully saturated rings. The van der Waals surface area contributed by atoms with E-state index < -0.39 is 0 Å².